The average Bonchev–Trinajstić information content (AvgIpc) is 2.25. The van der Waals surface area contributed by atoms with Gasteiger partial charge in [0.05, 0.1) is 6.10 Å². The minimum Gasteiger partial charge on any atom is -0.478 e. The molecule has 0 saturated heterocycles. The second kappa shape index (κ2) is 5.51. The van der Waals surface area contributed by atoms with Gasteiger partial charge in [-0.3, -0.25) is 0 Å². The summed E-state index contributed by atoms with van der Waals surface area (Å²) in [5.74, 6) is -0.906. The van der Waals surface area contributed by atoms with E-state index in [0.717, 1.165) is 6.42 Å². The maximum Gasteiger partial charge on any atom is 0.327 e. The van der Waals surface area contributed by atoms with Crippen LogP contribution in [-0.2, 0) is 9.53 Å². The molecule has 1 aliphatic rings. The van der Waals surface area contributed by atoms with Gasteiger partial charge in [0.25, 0.3) is 0 Å². The van der Waals surface area contributed by atoms with E-state index in [1.807, 2.05) is 18.2 Å². The van der Waals surface area contributed by atoms with Crippen molar-refractivity contribution in [1.82, 2.24) is 0 Å². The molecule has 0 saturated carbocycles. The van der Waals surface area contributed by atoms with E-state index >= 15 is 0 Å². The Labute approximate surface area is 89.7 Å². The van der Waals surface area contributed by atoms with Crippen LogP contribution in [0.3, 0.4) is 0 Å². The molecule has 3 nitrogen and oxygen atoms in total. The molecule has 2 atom stereocenters. The molecule has 0 spiro atoms. The van der Waals surface area contributed by atoms with Crippen molar-refractivity contribution in [3.05, 3.63) is 36.0 Å². The van der Waals surface area contributed by atoms with Crippen molar-refractivity contribution in [3.8, 4) is 0 Å². The Balaban J connectivity index is 2.78. The highest BCUT2D eigenvalue weighted by Gasteiger charge is 2.21. The van der Waals surface area contributed by atoms with Gasteiger partial charge in [-0.15, -0.1) is 0 Å². The molecule has 3 heteroatoms. The molecule has 1 unspecified atom stereocenters. The van der Waals surface area contributed by atoms with Crippen LogP contribution in [0.2, 0.25) is 0 Å². The van der Waals surface area contributed by atoms with E-state index in [0.29, 0.717) is 0 Å². The number of hydrogen-bond donors (Lipinski definition) is 1. The molecular formula is C12H16O3. The quantitative estimate of drug-likeness (QED) is 0.720. The minimum atomic E-state index is -0.925. The van der Waals surface area contributed by atoms with Gasteiger partial charge >= 0.3 is 5.97 Å². The SMILES string of the molecule is CCC1=CC=C[C@H](C=CC(=O)O)C1OC. The van der Waals surface area contributed by atoms with Crippen molar-refractivity contribution >= 4 is 5.97 Å². The van der Waals surface area contributed by atoms with Gasteiger partial charge < -0.3 is 9.84 Å². The lowest BCUT2D eigenvalue weighted by Crippen LogP contribution is -2.24. The van der Waals surface area contributed by atoms with Gasteiger partial charge in [-0.05, 0) is 12.0 Å². The lowest BCUT2D eigenvalue weighted by Gasteiger charge is -2.25. The molecule has 0 fully saturated rings. The van der Waals surface area contributed by atoms with E-state index < -0.39 is 5.97 Å². The summed E-state index contributed by atoms with van der Waals surface area (Å²) in [6.07, 6.45) is 9.64. The van der Waals surface area contributed by atoms with Crippen molar-refractivity contribution in [2.75, 3.05) is 7.11 Å². The van der Waals surface area contributed by atoms with Crippen molar-refractivity contribution in [2.24, 2.45) is 5.92 Å². The van der Waals surface area contributed by atoms with Crippen LogP contribution in [0, 0.1) is 5.92 Å². The summed E-state index contributed by atoms with van der Waals surface area (Å²) in [4.78, 5) is 10.4. The van der Waals surface area contributed by atoms with Gasteiger partial charge in [0.1, 0.15) is 0 Å². The van der Waals surface area contributed by atoms with Crippen LogP contribution < -0.4 is 0 Å². The predicted molar refractivity (Wildman–Crippen MR) is 58.6 cm³/mol. The highest BCUT2D eigenvalue weighted by molar-refractivity contribution is 5.79. The number of carboxylic acid groups (broad SMARTS) is 1. The Kier molecular flexibility index (Phi) is 4.31. The molecule has 1 N–H and O–H groups in total. The first-order valence-corrected chi connectivity index (χ1v) is 5.00. The molecule has 0 aliphatic heterocycles. The van der Waals surface area contributed by atoms with E-state index in [4.69, 9.17) is 9.84 Å². The Morgan fingerprint density at radius 1 is 1.67 bits per heavy atom. The van der Waals surface area contributed by atoms with E-state index in [2.05, 4.69) is 6.92 Å². The maximum absolute atomic E-state index is 10.4. The van der Waals surface area contributed by atoms with Crippen LogP contribution in [0.25, 0.3) is 0 Å². The summed E-state index contributed by atoms with van der Waals surface area (Å²) in [5, 5.41) is 8.56. The van der Waals surface area contributed by atoms with Gasteiger partial charge in [0.2, 0.25) is 0 Å². The first-order valence-electron chi connectivity index (χ1n) is 5.00. The number of rotatable bonds is 4. The largest absolute Gasteiger partial charge is 0.478 e. The molecular weight excluding hydrogens is 192 g/mol. The molecule has 82 valence electrons. The Morgan fingerprint density at radius 3 is 2.93 bits per heavy atom. The Morgan fingerprint density at radius 2 is 2.40 bits per heavy atom. The summed E-state index contributed by atoms with van der Waals surface area (Å²) in [5.41, 5.74) is 1.19. The van der Waals surface area contributed by atoms with Gasteiger partial charge in [-0.2, -0.15) is 0 Å². The zero-order valence-electron chi connectivity index (χ0n) is 9.01. The molecule has 15 heavy (non-hydrogen) atoms. The highest BCUT2D eigenvalue weighted by Crippen LogP contribution is 2.25. The molecule has 0 aromatic carbocycles. The highest BCUT2D eigenvalue weighted by atomic mass is 16.5. The van der Waals surface area contributed by atoms with Crippen LogP contribution >= 0.6 is 0 Å². The topological polar surface area (TPSA) is 46.5 Å². The second-order valence-corrected chi connectivity index (χ2v) is 3.41. The Hall–Kier alpha value is -1.35. The molecule has 0 heterocycles. The summed E-state index contributed by atoms with van der Waals surface area (Å²) in [6, 6.07) is 0. The standard InChI is InChI=1S/C12H16O3/c1-3-9-5-4-6-10(12(9)15-2)7-8-11(13)14/h4-8,10,12H,3H2,1-2H3,(H,13,14)/t10-,12?/m1/s1. The van der Waals surface area contributed by atoms with Gasteiger partial charge in [0.15, 0.2) is 0 Å². The van der Waals surface area contributed by atoms with E-state index in [1.54, 1.807) is 13.2 Å². The maximum atomic E-state index is 10.4. The smallest absolute Gasteiger partial charge is 0.327 e. The third-order valence-corrected chi connectivity index (χ3v) is 2.48. The van der Waals surface area contributed by atoms with Crippen LogP contribution in [0.1, 0.15) is 13.3 Å². The molecule has 0 radical (unpaired) electrons. The minimum absolute atomic E-state index is 0.0195. The fraction of sp³-hybridized carbons (Fsp3) is 0.417. The van der Waals surface area contributed by atoms with Gasteiger partial charge in [-0.1, -0.05) is 31.2 Å². The van der Waals surface area contributed by atoms with E-state index in [-0.39, 0.29) is 12.0 Å². The van der Waals surface area contributed by atoms with Crippen molar-refractivity contribution < 1.29 is 14.6 Å². The van der Waals surface area contributed by atoms with Crippen LogP contribution in [0.5, 0.6) is 0 Å². The average molecular weight is 208 g/mol. The third-order valence-electron chi connectivity index (χ3n) is 2.48. The van der Waals surface area contributed by atoms with Crippen LogP contribution in [0.15, 0.2) is 36.0 Å². The summed E-state index contributed by atoms with van der Waals surface area (Å²) in [6.45, 7) is 2.06. The third kappa shape index (κ3) is 3.06. The number of methoxy groups -OCH3 is 1. The lowest BCUT2D eigenvalue weighted by atomic mass is 9.89. The summed E-state index contributed by atoms with van der Waals surface area (Å²) < 4.78 is 5.38. The van der Waals surface area contributed by atoms with E-state index in [9.17, 15) is 4.79 Å². The van der Waals surface area contributed by atoms with Crippen LogP contribution in [-0.4, -0.2) is 24.3 Å². The number of hydrogen-bond acceptors (Lipinski definition) is 2. The zero-order valence-corrected chi connectivity index (χ0v) is 9.01. The molecule has 1 aliphatic carbocycles. The molecule has 1 rings (SSSR count). The zero-order chi connectivity index (χ0) is 11.3. The lowest BCUT2D eigenvalue weighted by molar-refractivity contribution is -0.131. The number of ether oxygens (including phenoxy) is 1. The van der Waals surface area contributed by atoms with Gasteiger partial charge in [0, 0.05) is 19.1 Å². The Bertz CT molecular complexity index is 313. The molecule has 0 aromatic rings. The predicted octanol–water partition coefficient (Wildman–Crippen LogP) is 2.16. The van der Waals surface area contributed by atoms with Crippen molar-refractivity contribution in [3.63, 3.8) is 0 Å². The molecule has 0 aromatic heterocycles. The first kappa shape index (κ1) is 11.7. The number of aliphatic carboxylic acids is 1. The van der Waals surface area contributed by atoms with Crippen molar-refractivity contribution in [1.29, 1.82) is 0 Å². The fourth-order valence-corrected chi connectivity index (χ4v) is 1.74. The van der Waals surface area contributed by atoms with E-state index in [1.165, 1.54) is 11.6 Å². The monoisotopic (exact) mass is 208 g/mol. The first-order chi connectivity index (χ1) is 7.19. The number of allylic oxidation sites excluding steroid dienone is 2. The normalized spacial score (nSPS) is 25.6. The number of carboxylic acids is 1. The second-order valence-electron chi connectivity index (χ2n) is 3.41. The van der Waals surface area contributed by atoms with Gasteiger partial charge in [-0.25, -0.2) is 4.79 Å². The summed E-state index contributed by atoms with van der Waals surface area (Å²) in [7, 11) is 1.65. The molecule has 0 bridgehead atoms. The van der Waals surface area contributed by atoms with Crippen molar-refractivity contribution in [2.45, 2.75) is 19.4 Å². The molecule has 0 amide bonds. The number of carbonyl (C=O) groups is 1. The summed E-state index contributed by atoms with van der Waals surface area (Å²) >= 11 is 0. The fourth-order valence-electron chi connectivity index (χ4n) is 1.74. The van der Waals surface area contributed by atoms with Crippen LogP contribution in [0.4, 0.5) is 0 Å².